The second kappa shape index (κ2) is 6.18. The Bertz CT molecular complexity index is 358. The van der Waals surface area contributed by atoms with E-state index in [1.165, 1.54) is 16.7 Å². The highest BCUT2D eigenvalue weighted by atomic mass is 14.8. The highest BCUT2D eigenvalue weighted by Crippen LogP contribution is 2.28. The van der Waals surface area contributed by atoms with Crippen molar-refractivity contribution < 1.29 is 0 Å². The average Bonchev–Trinajstić information content (AvgIpc) is 2.24. The van der Waals surface area contributed by atoms with Crippen LogP contribution in [-0.4, -0.2) is 13.6 Å². The summed E-state index contributed by atoms with van der Waals surface area (Å²) in [4.78, 5) is 0. The first-order valence-corrected chi connectivity index (χ1v) is 6.44. The Kier molecular flexibility index (Phi) is 5.16. The van der Waals surface area contributed by atoms with Crippen molar-refractivity contribution in [3.8, 4) is 0 Å². The minimum atomic E-state index is 0.114. The van der Waals surface area contributed by atoms with Crippen LogP contribution in [0.4, 0.5) is 0 Å². The highest BCUT2D eigenvalue weighted by Gasteiger charge is 2.23. The standard InChI is InChI=1S/C15H26N2/c1-10(2)14(9-17-5)15(16)13-7-6-11(3)8-12(13)4/h6-8,10,14-15,17H,9,16H2,1-5H3. The Morgan fingerprint density at radius 2 is 1.88 bits per heavy atom. The summed E-state index contributed by atoms with van der Waals surface area (Å²) < 4.78 is 0. The summed E-state index contributed by atoms with van der Waals surface area (Å²) in [7, 11) is 1.99. The van der Waals surface area contributed by atoms with Crippen molar-refractivity contribution in [2.24, 2.45) is 17.6 Å². The third kappa shape index (κ3) is 3.55. The molecule has 2 heteroatoms. The molecule has 0 fully saturated rings. The lowest BCUT2D eigenvalue weighted by atomic mass is 9.83. The van der Waals surface area contributed by atoms with Gasteiger partial charge in [-0.3, -0.25) is 0 Å². The molecular weight excluding hydrogens is 208 g/mol. The van der Waals surface area contributed by atoms with Gasteiger partial charge >= 0.3 is 0 Å². The molecule has 96 valence electrons. The Morgan fingerprint density at radius 3 is 2.35 bits per heavy atom. The van der Waals surface area contributed by atoms with Crippen LogP contribution in [0.25, 0.3) is 0 Å². The summed E-state index contributed by atoms with van der Waals surface area (Å²) in [6.45, 7) is 9.72. The third-order valence-corrected chi connectivity index (χ3v) is 3.54. The summed E-state index contributed by atoms with van der Waals surface area (Å²) in [6, 6.07) is 6.66. The molecule has 0 bridgehead atoms. The van der Waals surface area contributed by atoms with E-state index < -0.39 is 0 Å². The first kappa shape index (κ1) is 14.2. The number of hydrogen-bond donors (Lipinski definition) is 2. The average molecular weight is 234 g/mol. The predicted octanol–water partition coefficient (Wildman–Crippen LogP) is 2.79. The van der Waals surface area contributed by atoms with Gasteiger partial charge in [0.15, 0.2) is 0 Å². The quantitative estimate of drug-likeness (QED) is 0.822. The molecule has 0 spiro atoms. The molecule has 0 aliphatic rings. The van der Waals surface area contributed by atoms with E-state index in [0.29, 0.717) is 11.8 Å². The first-order valence-electron chi connectivity index (χ1n) is 6.44. The summed E-state index contributed by atoms with van der Waals surface area (Å²) in [5, 5.41) is 3.25. The van der Waals surface area contributed by atoms with Crippen LogP contribution in [0.5, 0.6) is 0 Å². The Balaban J connectivity index is 2.96. The predicted molar refractivity (Wildman–Crippen MR) is 75.1 cm³/mol. The molecule has 1 rings (SSSR count). The van der Waals surface area contributed by atoms with Crippen LogP contribution < -0.4 is 11.1 Å². The number of rotatable bonds is 5. The fraction of sp³-hybridized carbons (Fsp3) is 0.600. The molecule has 0 aliphatic heterocycles. The molecule has 0 saturated heterocycles. The molecule has 2 atom stereocenters. The van der Waals surface area contributed by atoms with Crippen LogP contribution in [0.1, 0.15) is 36.6 Å². The Labute approximate surface area is 106 Å². The third-order valence-electron chi connectivity index (χ3n) is 3.54. The highest BCUT2D eigenvalue weighted by molar-refractivity contribution is 5.33. The van der Waals surface area contributed by atoms with E-state index >= 15 is 0 Å². The molecule has 2 unspecified atom stereocenters. The van der Waals surface area contributed by atoms with Crippen molar-refractivity contribution in [3.05, 3.63) is 34.9 Å². The first-order chi connectivity index (χ1) is 7.97. The summed E-state index contributed by atoms with van der Waals surface area (Å²) in [5.41, 5.74) is 10.3. The molecular formula is C15H26N2. The SMILES string of the molecule is CNCC(C(C)C)C(N)c1ccc(C)cc1C. The molecule has 1 aromatic rings. The van der Waals surface area contributed by atoms with Crippen LogP contribution >= 0.6 is 0 Å². The zero-order valence-corrected chi connectivity index (χ0v) is 11.7. The van der Waals surface area contributed by atoms with Gasteiger partial charge in [-0.1, -0.05) is 37.6 Å². The Morgan fingerprint density at radius 1 is 1.24 bits per heavy atom. The number of nitrogens with two attached hydrogens (primary N) is 1. The van der Waals surface area contributed by atoms with Gasteiger partial charge in [0.25, 0.3) is 0 Å². The maximum Gasteiger partial charge on any atom is 0.0340 e. The molecule has 2 nitrogen and oxygen atoms in total. The van der Waals surface area contributed by atoms with Crippen LogP contribution in [-0.2, 0) is 0 Å². The van der Waals surface area contributed by atoms with E-state index in [1.807, 2.05) is 7.05 Å². The maximum atomic E-state index is 6.44. The number of nitrogens with one attached hydrogen (secondary N) is 1. The van der Waals surface area contributed by atoms with Gasteiger partial charge in [-0.05, 0) is 50.4 Å². The molecule has 0 amide bonds. The van der Waals surface area contributed by atoms with Gasteiger partial charge in [-0.25, -0.2) is 0 Å². The van der Waals surface area contributed by atoms with Gasteiger partial charge in [-0.15, -0.1) is 0 Å². The minimum Gasteiger partial charge on any atom is -0.324 e. The van der Waals surface area contributed by atoms with Crippen molar-refractivity contribution in [2.45, 2.75) is 33.7 Å². The second-order valence-electron chi connectivity index (χ2n) is 5.35. The molecule has 3 N–H and O–H groups in total. The van der Waals surface area contributed by atoms with E-state index in [4.69, 9.17) is 5.73 Å². The molecule has 0 heterocycles. The number of aryl methyl sites for hydroxylation is 2. The van der Waals surface area contributed by atoms with E-state index in [1.54, 1.807) is 0 Å². The molecule has 0 aliphatic carbocycles. The number of benzene rings is 1. The van der Waals surface area contributed by atoms with E-state index in [0.717, 1.165) is 6.54 Å². The van der Waals surface area contributed by atoms with Gasteiger partial charge in [-0.2, -0.15) is 0 Å². The van der Waals surface area contributed by atoms with Crippen LogP contribution in [0.2, 0.25) is 0 Å². The van der Waals surface area contributed by atoms with Crippen molar-refractivity contribution in [3.63, 3.8) is 0 Å². The van der Waals surface area contributed by atoms with Crippen molar-refractivity contribution in [1.29, 1.82) is 0 Å². The van der Waals surface area contributed by atoms with Gasteiger partial charge < -0.3 is 11.1 Å². The fourth-order valence-electron chi connectivity index (χ4n) is 2.44. The molecule has 17 heavy (non-hydrogen) atoms. The van der Waals surface area contributed by atoms with E-state index in [9.17, 15) is 0 Å². The largest absolute Gasteiger partial charge is 0.324 e. The molecule has 0 saturated carbocycles. The van der Waals surface area contributed by atoms with Crippen molar-refractivity contribution >= 4 is 0 Å². The fourth-order valence-corrected chi connectivity index (χ4v) is 2.44. The topological polar surface area (TPSA) is 38.0 Å². The van der Waals surface area contributed by atoms with Crippen LogP contribution in [0, 0.1) is 25.7 Å². The molecule has 0 radical (unpaired) electrons. The van der Waals surface area contributed by atoms with Crippen molar-refractivity contribution in [2.75, 3.05) is 13.6 Å². The summed E-state index contributed by atoms with van der Waals surface area (Å²) in [6.07, 6.45) is 0. The van der Waals surface area contributed by atoms with Gasteiger partial charge in [0.05, 0.1) is 0 Å². The van der Waals surface area contributed by atoms with Crippen LogP contribution in [0.3, 0.4) is 0 Å². The van der Waals surface area contributed by atoms with Gasteiger partial charge in [0, 0.05) is 6.04 Å². The zero-order chi connectivity index (χ0) is 13.0. The summed E-state index contributed by atoms with van der Waals surface area (Å²) >= 11 is 0. The van der Waals surface area contributed by atoms with E-state index in [-0.39, 0.29) is 6.04 Å². The van der Waals surface area contributed by atoms with E-state index in [2.05, 4.69) is 51.2 Å². The Hall–Kier alpha value is -0.860. The van der Waals surface area contributed by atoms with Gasteiger partial charge in [0.2, 0.25) is 0 Å². The summed E-state index contributed by atoms with van der Waals surface area (Å²) in [5.74, 6) is 1.06. The smallest absolute Gasteiger partial charge is 0.0340 e. The second-order valence-corrected chi connectivity index (χ2v) is 5.35. The van der Waals surface area contributed by atoms with Crippen molar-refractivity contribution in [1.82, 2.24) is 5.32 Å². The van der Waals surface area contributed by atoms with Gasteiger partial charge in [0.1, 0.15) is 0 Å². The minimum absolute atomic E-state index is 0.114. The monoisotopic (exact) mass is 234 g/mol. The molecule has 0 aromatic heterocycles. The lowest BCUT2D eigenvalue weighted by molar-refractivity contribution is 0.313. The van der Waals surface area contributed by atoms with Crippen LogP contribution in [0.15, 0.2) is 18.2 Å². The lowest BCUT2D eigenvalue weighted by Crippen LogP contribution is -2.33. The maximum absolute atomic E-state index is 6.44. The molecule has 1 aromatic carbocycles. The zero-order valence-electron chi connectivity index (χ0n) is 11.7. The normalized spacial score (nSPS) is 15.0. The lowest BCUT2D eigenvalue weighted by Gasteiger charge is -2.28. The number of hydrogen-bond acceptors (Lipinski definition) is 2.